The lowest BCUT2D eigenvalue weighted by atomic mass is 9.86. The fourth-order valence-electron chi connectivity index (χ4n) is 3.28. The van der Waals surface area contributed by atoms with Gasteiger partial charge in [-0.05, 0) is 19.4 Å². The van der Waals surface area contributed by atoms with Gasteiger partial charge in [0.25, 0.3) is 0 Å². The van der Waals surface area contributed by atoms with Crippen LogP contribution in [-0.2, 0) is 10.2 Å². The van der Waals surface area contributed by atoms with Crippen molar-refractivity contribution in [3.63, 3.8) is 0 Å². The minimum absolute atomic E-state index is 0.0718. The second-order valence-corrected chi connectivity index (χ2v) is 5.90. The number of ether oxygens (including phenoxy) is 1. The van der Waals surface area contributed by atoms with E-state index in [1.165, 1.54) is 12.8 Å². The number of nitrogens with two attached hydrogens (primary N) is 1. The molecule has 1 aromatic heterocycles. The molecule has 0 amide bonds. The number of likely N-dealkylation sites (N-methyl/N-ethyl adjacent to an activating group) is 1. The number of morpholine rings is 1. The third-order valence-corrected chi connectivity index (χ3v) is 4.73. The second-order valence-electron chi connectivity index (χ2n) is 5.90. The predicted octanol–water partition coefficient (Wildman–Crippen LogP) is 1.23. The summed E-state index contributed by atoms with van der Waals surface area (Å²) in [6.45, 7) is 6.31. The van der Waals surface area contributed by atoms with Gasteiger partial charge in [0.1, 0.15) is 6.10 Å². The Hall–Kier alpha value is -0.980. The fourth-order valence-corrected chi connectivity index (χ4v) is 3.28. The normalized spacial score (nSPS) is 27.0. The summed E-state index contributed by atoms with van der Waals surface area (Å²) < 4.78 is 11.3. The Labute approximate surface area is 119 Å². The van der Waals surface area contributed by atoms with E-state index in [0.717, 1.165) is 39.1 Å². The molecular formula is C14H24N4O2. The van der Waals surface area contributed by atoms with Crippen molar-refractivity contribution in [1.82, 2.24) is 15.0 Å². The van der Waals surface area contributed by atoms with Crippen LogP contribution in [0.5, 0.6) is 0 Å². The molecule has 0 radical (unpaired) electrons. The quantitative estimate of drug-likeness (QED) is 0.894. The number of hydrogen-bond acceptors (Lipinski definition) is 6. The highest BCUT2D eigenvalue weighted by molar-refractivity contribution is 5.10. The maximum atomic E-state index is 5.96. The van der Waals surface area contributed by atoms with Gasteiger partial charge in [-0.1, -0.05) is 24.9 Å². The molecule has 6 heteroatoms. The van der Waals surface area contributed by atoms with Gasteiger partial charge in [-0.3, -0.25) is 4.90 Å². The van der Waals surface area contributed by atoms with Gasteiger partial charge in [-0.25, -0.2) is 0 Å². The van der Waals surface area contributed by atoms with Crippen LogP contribution in [0.3, 0.4) is 0 Å². The van der Waals surface area contributed by atoms with Crippen LogP contribution in [0.25, 0.3) is 0 Å². The van der Waals surface area contributed by atoms with Crippen LogP contribution in [-0.4, -0.2) is 47.8 Å². The molecule has 1 atom stereocenters. The van der Waals surface area contributed by atoms with E-state index < -0.39 is 0 Å². The molecule has 1 aromatic rings. The second kappa shape index (κ2) is 5.79. The fraction of sp³-hybridized carbons (Fsp3) is 0.857. The van der Waals surface area contributed by atoms with E-state index in [1.54, 1.807) is 0 Å². The molecule has 1 aliphatic heterocycles. The highest BCUT2D eigenvalue weighted by atomic mass is 16.5. The molecule has 1 saturated carbocycles. The molecule has 2 N–H and O–H groups in total. The van der Waals surface area contributed by atoms with E-state index in [1.807, 2.05) is 0 Å². The van der Waals surface area contributed by atoms with E-state index in [0.29, 0.717) is 18.3 Å². The highest BCUT2D eigenvalue weighted by Crippen LogP contribution is 2.39. The van der Waals surface area contributed by atoms with E-state index in [2.05, 4.69) is 22.0 Å². The van der Waals surface area contributed by atoms with Gasteiger partial charge in [0.15, 0.2) is 0 Å². The average molecular weight is 280 g/mol. The van der Waals surface area contributed by atoms with Crippen molar-refractivity contribution in [2.75, 3.05) is 32.8 Å². The standard InChI is InChI=1S/C14H24N4O2/c1-2-18-7-8-19-11(9-18)12-16-13(20-17-12)14(10-15)5-3-4-6-14/h11H,2-10,15H2,1H3. The predicted molar refractivity (Wildman–Crippen MR) is 74.3 cm³/mol. The first-order valence-electron chi connectivity index (χ1n) is 7.65. The Bertz CT molecular complexity index is 442. The van der Waals surface area contributed by atoms with Crippen LogP contribution >= 0.6 is 0 Å². The summed E-state index contributed by atoms with van der Waals surface area (Å²) >= 11 is 0. The molecule has 112 valence electrons. The van der Waals surface area contributed by atoms with Crippen LogP contribution < -0.4 is 5.73 Å². The molecule has 1 aliphatic carbocycles. The van der Waals surface area contributed by atoms with Gasteiger partial charge in [0.05, 0.1) is 12.0 Å². The zero-order valence-corrected chi connectivity index (χ0v) is 12.2. The van der Waals surface area contributed by atoms with Gasteiger partial charge in [-0.15, -0.1) is 0 Å². The SMILES string of the molecule is CCN1CCOC(c2noc(C3(CN)CCCC3)n2)C1. The van der Waals surface area contributed by atoms with Crippen molar-refractivity contribution in [2.45, 2.75) is 44.1 Å². The first kappa shape index (κ1) is 14.0. The Balaban J connectivity index is 1.76. The minimum Gasteiger partial charge on any atom is -0.367 e. The average Bonchev–Trinajstić information content (AvgIpc) is 3.17. The summed E-state index contributed by atoms with van der Waals surface area (Å²) in [7, 11) is 0. The molecule has 1 saturated heterocycles. The van der Waals surface area contributed by atoms with Gasteiger partial charge in [0.2, 0.25) is 11.7 Å². The van der Waals surface area contributed by atoms with Crippen molar-refractivity contribution >= 4 is 0 Å². The van der Waals surface area contributed by atoms with Crippen molar-refractivity contribution in [1.29, 1.82) is 0 Å². The number of hydrogen-bond donors (Lipinski definition) is 1. The molecular weight excluding hydrogens is 256 g/mol. The van der Waals surface area contributed by atoms with E-state index in [4.69, 9.17) is 15.0 Å². The lowest BCUT2D eigenvalue weighted by molar-refractivity contribution is -0.0334. The topological polar surface area (TPSA) is 77.4 Å². The van der Waals surface area contributed by atoms with Gasteiger partial charge >= 0.3 is 0 Å². The zero-order chi connectivity index (χ0) is 14.0. The van der Waals surface area contributed by atoms with Crippen LogP contribution in [0.4, 0.5) is 0 Å². The first-order chi connectivity index (χ1) is 9.77. The molecule has 6 nitrogen and oxygen atoms in total. The largest absolute Gasteiger partial charge is 0.367 e. The third kappa shape index (κ3) is 2.47. The van der Waals surface area contributed by atoms with Gasteiger partial charge < -0.3 is 15.0 Å². The van der Waals surface area contributed by atoms with Gasteiger partial charge in [0, 0.05) is 19.6 Å². The Morgan fingerprint density at radius 2 is 2.20 bits per heavy atom. The van der Waals surface area contributed by atoms with Crippen LogP contribution in [0.15, 0.2) is 4.52 Å². The van der Waals surface area contributed by atoms with E-state index in [9.17, 15) is 0 Å². The number of aromatic nitrogens is 2. The smallest absolute Gasteiger partial charge is 0.234 e. The Morgan fingerprint density at radius 1 is 1.40 bits per heavy atom. The first-order valence-corrected chi connectivity index (χ1v) is 7.65. The van der Waals surface area contributed by atoms with Gasteiger partial charge in [-0.2, -0.15) is 4.98 Å². The van der Waals surface area contributed by atoms with Crippen LogP contribution in [0, 0.1) is 0 Å². The summed E-state index contributed by atoms with van der Waals surface area (Å²) in [4.78, 5) is 6.96. The minimum atomic E-state index is -0.0929. The monoisotopic (exact) mass is 280 g/mol. The van der Waals surface area contributed by atoms with Crippen LogP contribution in [0.2, 0.25) is 0 Å². The molecule has 2 heterocycles. The lowest BCUT2D eigenvalue weighted by Crippen LogP contribution is -2.38. The summed E-state index contributed by atoms with van der Waals surface area (Å²) in [6, 6.07) is 0. The molecule has 1 unspecified atom stereocenters. The van der Waals surface area contributed by atoms with E-state index >= 15 is 0 Å². The molecule has 3 rings (SSSR count). The Morgan fingerprint density at radius 3 is 2.90 bits per heavy atom. The summed E-state index contributed by atoms with van der Waals surface area (Å²) in [5, 5.41) is 4.15. The maximum Gasteiger partial charge on any atom is 0.234 e. The van der Waals surface area contributed by atoms with Crippen molar-refractivity contribution < 1.29 is 9.26 Å². The van der Waals surface area contributed by atoms with Crippen molar-refractivity contribution in [3.8, 4) is 0 Å². The molecule has 2 aliphatic rings. The third-order valence-electron chi connectivity index (χ3n) is 4.73. The van der Waals surface area contributed by atoms with E-state index in [-0.39, 0.29) is 11.5 Å². The van der Waals surface area contributed by atoms with Crippen molar-refractivity contribution in [2.24, 2.45) is 5.73 Å². The summed E-state index contributed by atoms with van der Waals surface area (Å²) in [6.07, 6.45) is 4.42. The molecule has 0 aromatic carbocycles. The molecule has 2 fully saturated rings. The van der Waals surface area contributed by atoms with Crippen LogP contribution in [0.1, 0.15) is 50.4 Å². The lowest BCUT2D eigenvalue weighted by Gasteiger charge is -2.30. The number of rotatable bonds is 4. The summed E-state index contributed by atoms with van der Waals surface area (Å²) in [5.41, 5.74) is 5.87. The van der Waals surface area contributed by atoms with Crippen molar-refractivity contribution in [3.05, 3.63) is 11.7 Å². The highest BCUT2D eigenvalue weighted by Gasteiger charge is 2.40. The molecule has 0 spiro atoms. The molecule has 20 heavy (non-hydrogen) atoms. The Kier molecular flexibility index (Phi) is 4.05. The summed E-state index contributed by atoms with van der Waals surface area (Å²) in [5.74, 6) is 1.39. The number of nitrogens with zero attached hydrogens (tertiary/aromatic N) is 3. The zero-order valence-electron chi connectivity index (χ0n) is 12.2. The maximum absolute atomic E-state index is 5.96. The molecule has 0 bridgehead atoms.